The molecule has 22 heavy (non-hydrogen) atoms. The van der Waals surface area contributed by atoms with Crippen LogP contribution in [0.15, 0.2) is 43.0 Å². The van der Waals surface area contributed by atoms with Crippen molar-refractivity contribution in [3.8, 4) is 0 Å². The van der Waals surface area contributed by atoms with Crippen molar-refractivity contribution >= 4 is 22.4 Å². The summed E-state index contributed by atoms with van der Waals surface area (Å²) in [5.74, 6) is 1.16. The number of benzene rings is 2. The van der Waals surface area contributed by atoms with Gasteiger partial charge in [-0.05, 0) is 67.4 Å². The van der Waals surface area contributed by atoms with E-state index in [2.05, 4.69) is 18.7 Å². The second-order valence-electron chi connectivity index (χ2n) is 6.43. The Morgan fingerprint density at radius 3 is 2.64 bits per heavy atom. The van der Waals surface area contributed by atoms with Gasteiger partial charge < -0.3 is 0 Å². The molecular weight excluding hydrogens is 295 g/mol. The summed E-state index contributed by atoms with van der Waals surface area (Å²) in [5, 5.41) is 1.77. The van der Waals surface area contributed by atoms with Crippen molar-refractivity contribution in [3.63, 3.8) is 0 Å². The lowest BCUT2D eigenvalue weighted by atomic mass is 9.77. The van der Waals surface area contributed by atoms with Crippen LogP contribution in [0.1, 0.15) is 50.0 Å². The molecule has 1 aliphatic rings. The Hall–Kier alpha value is -1.34. The van der Waals surface area contributed by atoms with Crippen LogP contribution >= 0.6 is 11.6 Å². The van der Waals surface area contributed by atoms with Gasteiger partial charge in [0, 0.05) is 5.39 Å². The molecule has 0 N–H and O–H groups in total. The lowest BCUT2D eigenvalue weighted by Crippen LogP contribution is -2.13. The van der Waals surface area contributed by atoms with Crippen molar-refractivity contribution in [2.75, 3.05) is 0 Å². The molecule has 0 heterocycles. The summed E-state index contributed by atoms with van der Waals surface area (Å²) in [7, 11) is 0. The van der Waals surface area contributed by atoms with Crippen LogP contribution in [0.25, 0.3) is 10.8 Å². The van der Waals surface area contributed by atoms with Crippen LogP contribution in [0.4, 0.5) is 4.39 Å². The molecular formula is C20H22ClF. The molecule has 1 fully saturated rings. The first-order valence-corrected chi connectivity index (χ1v) is 8.55. The van der Waals surface area contributed by atoms with Gasteiger partial charge in [0.1, 0.15) is 5.82 Å². The van der Waals surface area contributed by atoms with Crippen LogP contribution in [0.2, 0.25) is 5.02 Å². The zero-order valence-corrected chi connectivity index (χ0v) is 13.6. The van der Waals surface area contributed by atoms with Gasteiger partial charge in [-0.2, -0.15) is 0 Å². The molecule has 0 aliphatic heterocycles. The summed E-state index contributed by atoms with van der Waals surface area (Å²) in [6, 6.07) is 9.67. The molecule has 0 spiro atoms. The molecule has 116 valence electrons. The number of hydrogen-bond donors (Lipinski definition) is 0. The van der Waals surface area contributed by atoms with E-state index >= 15 is 0 Å². The fourth-order valence-electron chi connectivity index (χ4n) is 3.68. The Kier molecular flexibility index (Phi) is 4.83. The third-order valence-corrected chi connectivity index (χ3v) is 5.32. The highest BCUT2D eigenvalue weighted by molar-refractivity contribution is 6.31. The number of halogens is 2. The second-order valence-corrected chi connectivity index (χ2v) is 6.83. The summed E-state index contributed by atoms with van der Waals surface area (Å²) < 4.78 is 14.0. The quantitative estimate of drug-likeness (QED) is 0.540. The molecule has 0 bridgehead atoms. The smallest absolute Gasteiger partial charge is 0.149 e. The minimum absolute atomic E-state index is 0.197. The molecule has 0 unspecified atom stereocenters. The average molecular weight is 317 g/mol. The van der Waals surface area contributed by atoms with Crippen molar-refractivity contribution in [1.82, 2.24) is 0 Å². The molecule has 0 saturated heterocycles. The van der Waals surface area contributed by atoms with Crippen molar-refractivity contribution in [3.05, 3.63) is 59.4 Å². The van der Waals surface area contributed by atoms with Crippen molar-refractivity contribution in [2.45, 2.75) is 44.4 Å². The highest BCUT2D eigenvalue weighted by atomic mass is 35.5. The number of hydrogen-bond acceptors (Lipinski definition) is 0. The van der Waals surface area contributed by atoms with E-state index in [1.165, 1.54) is 37.7 Å². The predicted molar refractivity (Wildman–Crippen MR) is 93.0 cm³/mol. The molecule has 2 aromatic carbocycles. The molecule has 2 heteroatoms. The summed E-state index contributed by atoms with van der Waals surface area (Å²) in [6.07, 6.45) is 9.50. The van der Waals surface area contributed by atoms with E-state index in [1.807, 2.05) is 18.2 Å². The SMILES string of the molecule is C=CCCC1CCC(c2ccc3c(F)c(Cl)ccc3c2)CC1. The predicted octanol–water partition coefficient (Wildman–Crippen LogP) is 6.87. The normalized spacial score (nSPS) is 21.9. The first-order chi connectivity index (χ1) is 10.7. The van der Waals surface area contributed by atoms with Gasteiger partial charge >= 0.3 is 0 Å². The molecule has 1 aliphatic carbocycles. The Balaban J connectivity index is 1.75. The molecule has 0 atom stereocenters. The summed E-state index contributed by atoms with van der Waals surface area (Å²) in [4.78, 5) is 0. The van der Waals surface area contributed by atoms with E-state index in [4.69, 9.17) is 11.6 Å². The highest BCUT2D eigenvalue weighted by Crippen LogP contribution is 2.38. The second kappa shape index (κ2) is 6.83. The van der Waals surface area contributed by atoms with E-state index in [0.29, 0.717) is 11.3 Å². The van der Waals surface area contributed by atoms with E-state index < -0.39 is 0 Å². The third kappa shape index (κ3) is 3.20. The van der Waals surface area contributed by atoms with Gasteiger partial charge in [-0.3, -0.25) is 0 Å². The first-order valence-electron chi connectivity index (χ1n) is 8.17. The van der Waals surface area contributed by atoms with Gasteiger partial charge in [0.2, 0.25) is 0 Å². The minimum Gasteiger partial charge on any atom is -0.205 e. The summed E-state index contributed by atoms with van der Waals surface area (Å²) in [6.45, 7) is 3.81. The number of fused-ring (bicyclic) bond motifs is 1. The van der Waals surface area contributed by atoms with Crippen molar-refractivity contribution in [2.24, 2.45) is 5.92 Å². The summed E-state index contributed by atoms with van der Waals surface area (Å²) >= 11 is 5.85. The largest absolute Gasteiger partial charge is 0.205 e. The maximum Gasteiger partial charge on any atom is 0.149 e. The molecule has 1 saturated carbocycles. The Bertz CT molecular complexity index is 669. The standard InChI is InChI=1S/C20H22ClF/c1-2-3-4-14-5-7-15(8-6-14)16-9-11-18-17(13-16)10-12-19(21)20(18)22/h2,9-15H,1,3-8H2. The van der Waals surface area contributed by atoms with Crippen molar-refractivity contribution < 1.29 is 4.39 Å². The lowest BCUT2D eigenvalue weighted by Gasteiger charge is -2.28. The fraction of sp³-hybridized carbons (Fsp3) is 0.400. The van der Waals surface area contributed by atoms with Crippen LogP contribution in [0.5, 0.6) is 0 Å². The molecule has 0 nitrogen and oxygen atoms in total. The number of rotatable bonds is 4. The van der Waals surface area contributed by atoms with E-state index in [0.717, 1.165) is 17.7 Å². The minimum atomic E-state index is -0.307. The van der Waals surface area contributed by atoms with Gasteiger partial charge in [0.25, 0.3) is 0 Å². The van der Waals surface area contributed by atoms with E-state index in [1.54, 1.807) is 6.07 Å². The number of allylic oxidation sites excluding steroid dienone is 1. The molecule has 0 radical (unpaired) electrons. The van der Waals surface area contributed by atoms with E-state index in [9.17, 15) is 4.39 Å². The topological polar surface area (TPSA) is 0 Å². The van der Waals surface area contributed by atoms with E-state index in [-0.39, 0.29) is 10.8 Å². The molecule has 0 aromatic heterocycles. The fourth-order valence-corrected chi connectivity index (χ4v) is 3.84. The molecule has 2 aromatic rings. The van der Waals surface area contributed by atoms with Crippen molar-refractivity contribution in [1.29, 1.82) is 0 Å². The maximum atomic E-state index is 14.0. The average Bonchev–Trinajstić information content (AvgIpc) is 2.56. The third-order valence-electron chi connectivity index (χ3n) is 5.03. The summed E-state index contributed by atoms with van der Waals surface area (Å²) in [5.41, 5.74) is 1.34. The molecule has 0 amide bonds. The van der Waals surface area contributed by atoms with Gasteiger partial charge in [-0.1, -0.05) is 41.9 Å². The lowest BCUT2D eigenvalue weighted by molar-refractivity contribution is 0.312. The Morgan fingerprint density at radius 2 is 1.91 bits per heavy atom. The van der Waals surface area contributed by atoms with Gasteiger partial charge in [-0.25, -0.2) is 4.39 Å². The Morgan fingerprint density at radius 1 is 1.14 bits per heavy atom. The zero-order valence-electron chi connectivity index (χ0n) is 12.8. The van der Waals surface area contributed by atoms with Crippen LogP contribution in [-0.4, -0.2) is 0 Å². The first kappa shape index (κ1) is 15.6. The van der Waals surface area contributed by atoms with Crippen LogP contribution in [-0.2, 0) is 0 Å². The maximum absolute atomic E-state index is 14.0. The van der Waals surface area contributed by atoms with Crippen LogP contribution in [0, 0.1) is 11.7 Å². The van der Waals surface area contributed by atoms with Gasteiger partial charge in [0.05, 0.1) is 5.02 Å². The zero-order chi connectivity index (χ0) is 15.5. The van der Waals surface area contributed by atoms with Crippen LogP contribution in [0.3, 0.4) is 0 Å². The highest BCUT2D eigenvalue weighted by Gasteiger charge is 2.22. The van der Waals surface area contributed by atoms with Crippen LogP contribution < -0.4 is 0 Å². The molecule has 3 rings (SSSR count). The van der Waals surface area contributed by atoms with Gasteiger partial charge in [0.15, 0.2) is 0 Å². The van der Waals surface area contributed by atoms with Gasteiger partial charge in [-0.15, -0.1) is 6.58 Å². The Labute approximate surface area is 137 Å². The monoisotopic (exact) mass is 316 g/mol.